The second kappa shape index (κ2) is 5.91. The van der Waals surface area contributed by atoms with Gasteiger partial charge in [-0.1, -0.05) is 54.0 Å². The molecule has 2 nitrogen and oxygen atoms in total. The molecule has 0 fully saturated rings. The van der Waals surface area contributed by atoms with Crippen molar-refractivity contribution in [3.05, 3.63) is 35.4 Å². The maximum absolute atomic E-state index is 11.3. The maximum Gasteiger partial charge on any atom is 0.222 e. The van der Waals surface area contributed by atoms with Crippen LogP contribution in [-0.4, -0.2) is 5.91 Å². The van der Waals surface area contributed by atoms with Gasteiger partial charge in [-0.2, -0.15) is 0 Å². The van der Waals surface area contributed by atoms with Gasteiger partial charge in [0.25, 0.3) is 0 Å². The SMILES string of the molecule is CC(C)C(=O)NCc1ccc(CBr)cc1. The van der Waals surface area contributed by atoms with Gasteiger partial charge in [-0.3, -0.25) is 4.79 Å². The van der Waals surface area contributed by atoms with Gasteiger partial charge in [-0.15, -0.1) is 0 Å². The molecule has 0 aliphatic rings. The van der Waals surface area contributed by atoms with Gasteiger partial charge in [0.05, 0.1) is 0 Å². The van der Waals surface area contributed by atoms with Crippen LogP contribution in [0, 0.1) is 5.92 Å². The first-order chi connectivity index (χ1) is 7.13. The Balaban J connectivity index is 2.47. The summed E-state index contributed by atoms with van der Waals surface area (Å²) in [7, 11) is 0. The van der Waals surface area contributed by atoms with E-state index in [9.17, 15) is 4.79 Å². The van der Waals surface area contributed by atoms with Gasteiger partial charge in [0.1, 0.15) is 0 Å². The molecule has 0 bridgehead atoms. The molecule has 1 amide bonds. The lowest BCUT2D eigenvalue weighted by atomic mass is 10.1. The molecule has 3 heteroatoms. The minimum absolute atomic E-state index is 0.0480. The third kappa shape index (κ3) is 4.04. The van der Waals surface area contributed by atoms with Crippen molar-refractivity contribution in [3.8, 4) is 0 Å². The van der Waals surface area contributed by atoms with E-state index in [1.807, 2.05) is 26.0 Å². The number of amides is 1. The average Bonchev–Trinajstić information content (AvgIpc) is 2.26. The van der Waals surface area contributed by atoms with E-state index in [2.05, 4.69) is 33.4 Å². The number of benzene rings is 1. The lowest BCUT2D eigenvalue weighted by molar-refractivity contribution is -0.124. The van der Waals surface area contributed by atoms with Gasteiger partial charge in [-0.05, 0) is 11.1 Å². The number of halogens is 1. The highest BCUT2D eigenvalue weighted by Gasteiger charge is 2.05. The van der Waals surface area contributed by atoms with Crippen LogP contribution < -0.4 is 5.32 Å². The van der Waals surface area contributed by atoms with Gasteiger partial charge in [0, 0.05) is 17.8 Å². The molecule has 0 spiro atoms. The normalized spacial score (nSPS) is 10.4. The van der Waals surface area contributed by atoms with Crippen molar-refractivity contribution in [1.82, 2.24) is 5.32 Å². The topological polar surface area (TPSA) is 29.1 Å². The summed E-state index contributed by atoms with van der Waals surface area (Å²) in [5.74, 6) is 0.145. The first-order valence-corrected chi connectivity index (χ1v) is 6.17. The van der Waals surface area contributed by atoms with Gasteiger partial charge in [-0.25, -0.2) is 0 Å². The zero-order valence-corrected chi connectivity index (χ0v) is 10.7. The minimum Gasteiger partial charge on any atom is -0.352 e. The van der Waals surface area contributed by atoms with Crippen LogP contribution in [0.1, 0.15) is 25.0 Å². The zero-order valence-electron chi connectivity index (χ0n) is 9.09. The summed E-state index contributed by atoms with van der Waals surface area (Å²) in [4.78, 5) is 11.3. The highest BCUT2D eigenvalue weighted by atomic mass is 79.9. The fourth-order valence-electron chi connectivity index (χ4n) is 1.14. The molecule has 15 heavy (non-hydrogen) atoms. The number of hydrogen-bond donors (Lipinski definition) is 1. The third-order valence-corrected chi connectivity index (χ3v) is 2.82. The molecule has 0 saturated carbocycles. The second-order valence-corrected chi connectivity index (χ2v) is 4.38. The lowest BCUT2D eigenvalue weighted by Gasteiger charge is -2.07. The molecule has 1 rings (SSSR count). The number of rotatable bonds is 4. The van der Waals surface area contributed by atoms with Crippen LogP contribution in [-0.2, 0) is 16.7 Å². The molecule has 0 heterocycles. The first-order valence-electron chi connectivity index (χ1n) is 5.05. The maximum atomic E-state index is 11.3. The summed E-state index contributed by atoms with van der Waals surface area (Å²) in [5.41, 5.74) is 2.38. The predicted molar refractivity (Wildman–Crippen MR) is 65.8 cm³/mol. The number of carbonyl (C=O) groups excluding carboxylic acids is 1. The highest BCUT2D eigenvalue weighted by molar-refractivity contribution is 9.08. The Kier molecular flexibility index (Phi) is 4.82. The number of hydrogen-bond acceptors (Lipinski definition) is 1. The Bertz CT molecular complexity index is 319. The number of alkyl halides is 1. The van der Waals surface area contributed by atoms with Crippen molar-refractivity contribution in [2.24, 2.45) is 5.92 Å². The molecule has 0 aliphatic carbocycles. The Morgan fingerprint density at radius 2 is 1.80 bits per heavy atom. The molecule has 0 atom stereocenters. The molecule has 0 unspecified atom stereocenters. The number of nitrogens with one attached hydrogen (secondary N) is 1. The van der Waals surface area contributed by atoms with E-state index in [0.29, 0.717) is 6.54 Å². The Hall–Kier alpha value is -0.830. The summed E-state index contributed by atoms with van der Waals surface area (Å²) in [5, 5.41) is 3.75. The van der Waals surface area contributed by atoms with E-state index < -0.39 is 0 Å². The van der Waals surface area contributed by atoms with Crippen molar-refractivity contribution in [2.75, 3.05) is 0 Å². The first kappa shape index (κ1) is 12.2. The van der Waals surface area contributed by atoms with E-state index in [-0.39, 0.29) is 11.8 Å². The van der Waals surface area contributed by atoms with Crippen LogP contribution in [0.2, 0.25) is 0 Å². The number of carbonyl (C=O) groups is 1. The quantitative estimate of drug-likeness (QED) is 0.837. The third-order valence-electron chi connectivity index (χ3n) is 2.17. The van der Waals surface area contributed by atoms with Crippen LogP contribution in [0.5, 0.6) is 0 Å². The summed E-state index contributed by atoms with van der Waals surface area (Å²) >= 11 is 3.39. The monoisotopic (exact) mass is 269 g/mol. The lowest BCUT2D eigenvalue weighted by Crippen LogP contribution is -2.27. The van der Waals surface area contributed by atoms with Crippen LogP contribution in [0.4, 0.5) is 0 Å². The molecule has 1 aromatic rings. The summed E-state index contributed by atoms with van der Waals surface area (Å²) < 4.78 is 0. The largest absolute Gasteiger partial charge is 0.352 e. The van der Waals surface area contributed by atoms with Crippen molar-refractivity contribution >= 4 is 21.8 Å². The Labute approximate surface area is 99.2 Å². The summed E-state index contributed by atoms with van der Waals surface area (Å²) in [6, 6.07) is 8.20. The summed E-state index contributed by atoms with van der Waals surface area (Å²) in [6.07, 6.45) is 0. The minimum atomic E-state index is 0.0480. The molecule has 0 saturated heterocycles. The molecular formula is C12H16BrNO. The van der Waals surface area contributed by atoms with Crippen LogP contribution in [0.15, 0.2) is 24.3 Å². The second-order valence-electron chi connectivity index (χ2n) is 3.82. The predicted octanol–water partition coefficient (Wildman–Crippen LogP) is 2.85. The fraction of sp³-hybridized carbons (Fsp3) is 0.417. The molecule has 1 N–H and O–H groups in total. The van der Waals surface area contributed by atoms with Crippen LogP contribution in [0.3, 0.4) is 0 Å². The fourth-order valence-corrected chi connectivity index (χ4v) is 1.51. The molecule has 1 aromatic carbocycles. The molecule has 0 aromatic heterocycles. The van der Waals surface area contributed by atoms with Crippen molar-refractivity contribution in [2.45, 2.75) is 25.7 Å². The van der Waals surface area contributed by atoms with E-state index in [1.165, 1.54) is 5.56 Å². The van der Waals surface area contributed by atoms with Crippen LogP contribution in [0.25, 0.3) is 0 Å². The van der Waals surface area contributed by atoms with Crippen LogP contribution >= 0.6 is 15.9 Å². The molecule has 0 radical (unpaired) electrons. The molecular weight excluding hydrogens is 254 g/mol. The van der Waals surface area contributed by atoms with E-state index in [4.69, 9.17) is 0 Å². The van der Waals surface area contributed by atoms with Crippen molar-refractivity contribution in [3.63, 3.8) is 0 Å². The smallest absolute Gasteiger partial charge is 0.222 e. The standard InChI is InChI=1S/C12H16BrNO/c1-9(2)12(15)14-8-11-5-3-10(7-13)4-6-11/h3-6,9H,7-8H2,1-2H3,(H,14,15). The average molecular weight is 270 g/mol. The van der Waals surface area contributed by atoms with E-state index >= 15 is 0 Å². The van der Waals surface area contributed by atoms with E-state index in [0.717, 1.165) is 10.9 Å². The Morgan fingerprint density at radius 3 is 2.27 bits per heavy atom. The van der Waals surface area contributed by atoms with Gasteiger partial charge in [0.15, 0.2) is 0 Å². The molecule has 82 valence electrons. The highest BCUT2D eigenvalue weighted by Crippen LogP contribution is 2.07. The van der Waals surface area contributed by atoms with Gasteiger partial charge in [0.2, 0.25) is 5.91 Å². The Morgan fingerprint density at radius 1 is 1.27 bits per heavy atom. The van der Waals surface area contributed by atoms with Gasteiger partial charge < -0.3 is 5.32 Å². The molecule has 0 aliphatic heterocycles. The zero-order chi connectivity index (χ0) is 11.3. The van der Waals surface area contributed by atoms with Gasteiger partial charge >= 0.3 is 0 Å². The van der Waals surface area contributed by atoms with Crippen molar-refractivity contribution in [1.29, 1.82) is 0 Å². The summed E-state index contributed by atoms with van der Waals surface area (Å²) in [6.45, 7) is 4.39. The van der Waals surface area contributed by atoms with Crippen molar-refractivity contribution < 1.29 is 4.79 Å². The van der Waals surface area contributed by atoms with E-state index in [1.54, 1.807) is 0 Å².